The fraction of sp³-hybridized carbons (Fsp3) is 0.375. The van der Waals surface area contributed by atoms with Gasteiger partial charge in [0.25, 0.3) is 0 Å². The number of aliphatic hydroxyl groups excluding tert-OH is 1. The summed E-state index contributed by atoms with van der Waals surface area (Å²) in [6, 6.07) is 3.16. The average molecular weight is 214 g/mol. The van der Waals surface area contributed by atoms with E-state index in [1.54, 1.807) is 12.1 Å². The van der Waals surface area contributed by atoms with Crippen molar-refractivity contribution >= 4 is 23.3 Å². The first-order chi connectivity index (χ1) is 6.66. The summed E-state index contributed by atoms with van der Waals surface area (Å²) in [4.78, 5) is 12.7. The van der Waals surface area contributed by atoms with Crippen molar-refractivity contribution in [3.63, 3.8) is 0 Å². The van der Waals surface area contributed by atoms with Crippen molar-refractivity contribution in [2.45, 2.75) is 12.5 Å². The standard InChI is InChI=1S/C8H8ClN3O2/c9-6-1-2-7(11-10-6)12-4-5(13)3-8(12)14/h1-2,5,13H,3-4H2. The Hall–Kier alpha value is -1.20. The van der Waals surface area contributed by atoms with Crippen LogP contribution in [-0.4, -0.2) is 33.9 Å². The van der Waals surface area contributed by atoms with Crippen LogP contribution < -0.4 is 4.90 Å². The molecule has 1 atom stereocenters. The number of carbonyl (C=O) groups is 1. The molecule has 1 saturated heterocycles. The highest BCUT2D eigenvalue weighted by Crippen LogP contribution is 2.19. The highest BCUT2D eigenvalue weighted by molar-refractivity contribution is 6.29. The number of β-amino-alcohol motifs (C(OH)–C–C–N with tert-alkyl or cyclic N) is 1. The molecule has 1 amide bonds. The Labute approximate surface area is 85.3 Å². The average Bonchev–Trinajstić information content (AvgIpc) is 2.47. The van der Waals surface area contributed by atoms with Gasteiger partial charge in [0.05, 0.1) is 19.1 Å². The van der Waals surface area contributed by atoms with Gasteiger partial charge in [0.1, 0.15) is 0 Å². The number of rotatable bonds is 1. The van der Waals surface area contributed by atoms with Crippen LogP contribution in [0.5, 0.6) is 0 Å². The van der Waals surface area contributed by atoms with Gasteiger partial charge in [0, 0.05) is 0 Å². The Kier molecular flexibility index (Phi) is 2.35. The number of carbonyl (C=O) groups excluding carboxylic acids is 1. The molecule has 0 spiro atoms. The summed E-state index contributed by atoms with van der Waals surface area (Å²) in [6.07, 6.45) is -0.468. The van der Waals surface area contributed by atoms with Gasteiger partial charge in [0.15, 0.2) is 11.0 Å². The van der Waals surface area contributed by atoms with E-state index in [0.717, 1.165) is 0 Å². The van der Waals surface area contributed by atoms with E-state index in [9.17, 15) is 9.90 Å². The van der Waals surface area contributed by atoms with Crippen LogP contribution >= 0.6 is 11.6 Å². The van der Waals surface area contributed by atoms with Crippen LogP contribution in [0.1, 0.15) is 6.42 Å². The molecule has 14 heavy (non-hydrogen) atoms. The maximum atomic E-state index is 11.3. The molecule has 1 aromatic rings. The fourth-order valence-corrected chi connectivity index (χ4v) is 1.46. The predicted octanol–water partition coefficient (Wildman–Crippen LogP) is 0.228. The van der Waals surface area contributed by atoms with Crippen molar-refractivity contribution < 1.29 is 9.90 Å². The lowest BCUT2D eigenvalue weighted by molar-refractivity contribution is -0.117. The molecule has 6 heteroatoms. The predicted molar refractivity (Wildman–Crippen MR) is 50.0 cm³/mol. The van der Waals surface area contributed by atoms with Crippen LogP contribution in [0.2, 0.25) is 5.15 Å². The minimum absolute atomic E-state index is 0.143. The molecule has 74 valence electrons. The van der Waals surface area contributed by atoms with Crippen LogP contribution in [0.4, 0.5) is 5.82 Å². The largest absolute Gasteiger partial charge is 0.391 e. The molecule has 0 aromatic carbocycles. The molecule has 1 unspecified atom stereocenters. The summed E-state index contributed by atoms with van der Waals surface area (Å²) in [6.45, 7) is 0.273. The Bertz CT molecular complexity index is 354. The second-order valence-corrected chi connectivity index (χ2v) is 3.46. The highest BCUT2D eigenvalue weighted by Gasteiger charge is 2.29. The molecule has 1 fully saturated rings. The van der Waals surface area contributed by atoms with E-state index in [1.807, 2.05) is 0 Å². The number of hydrogen-bond donors (Lipinski definition) is 1. The lowest BCUT2D eigenvalue weighted by atomic mass is 10.3. The maximum Gasteiger partial charge on any atom is 0.230 e. The van der Waals surface area contributed by atoms with Gasteiger partial charge in [-0.25, -0.2) is 0 Å². The molecule has 1 N–H and O–H groups in total. The number of nitrogens with zero attached hydrogens (tertiary/aromatic N) is 3. The fourth-order valence-electron chi connectivity index (χ4n) is 1.36. The van der Waals surface area contributed by atoms with Gasteiger partial charge in [-0.2, -0.15) is 0 Å². The van der Waals surface area contributed by atoms with Crippen molar-refractivity contribution in [2.24, 2.45) is 0 Å². The zero-order valence-corrected chi connectivity index (χ0v) is 7.98. The molecule has 0 aliphatic carbocycles. The smallest absolute Gasteiger partial charge is 0.230 e. The van der Waals surface area contributed by atoms with E-state index in [-0.39, 0.29) is 24.0 Å². The molecule has 2 rings (SSSR count). The van der Waals surface area contributed by atoms with Crippen LogP contribution in [0.3, 0.4) is 0 Å². The number of aromatic nitrogens is 2. The van der Waals surface area contributed by atoms with E-state index in [4.69, 9.17) is 11.6 Å². The van der Waals surface area contributed by atoms with Crippen molar-refractivity contribution in [1.82, 2.24) is 10.2 Å². The topological polar surface area (TPSA) is 66.3 Å². The summed E-state index contributed by atoms with van der Waals surface area (Å²) in [5, 5.41) is 16.9. The Balaban J connectivity index is 2.23. The lowest BCUT2D eigenvalue weighted by Gasteiger charge is -2.12. The third-order valence-corrected chi connectivity index (χ3v) is 2.20. The van der Waals surface area contributed by atoms with Gasteiger partial charge in [0.2, 0.25) is 5.91 Å². The lowest BCUT2D eigenvalue weighted by Crippen LogP contribution is -2.26. The second-order valence-electron chi connectivity index (χ2n) is 3.08. The van der Waals surface area contributed by atoms with Gasteiger partial charge in [-0.1, -0.05) is 11.6 Å². The minimum Gasteiger partial charge on any atom is -0.391 e. The van der Waals surface area contributed by atoms with Gasteiger partial charge >= 0.3 is 0 Å². The van der Waals surface area contributed by atoms with Gasteiger partial charge in [-0.15, -0.1) is 10.2 Å². The number of aliphatic hydroxyl groups is 1. The van der Waals surface area contributed by atoms with E-state index in [0.29, 0.717) is 5.82 Å². The molecule has 5 nitrogen and oxygen atoms in total. The number of amides is 1. The number of hydrogen-bond acceptors (Lipinski definition) is 4. The van der Waals surface area contributed by atoms with E-state index >= 15 is 0 Å². The van der Waals surface area contributed by atoms with Crippen molar-refractivity contribution in [3.8, 4) is 0 Å². The first-order valence-corrected chi connectivity index (χ1v) is 4.52. The van der Waals surface area contributed by atoms with Crippen LogP contribution in [0, 0.1) is 0 Å². The monoisotopic (exact) mass is 213 g/mol. The normalized spacial score (nSPS) is 21.7. The molecule has 1 aromatic heterocycles. The van der Waals surface area contributed by atoms with E-state index in [2.05, 4.69) is 10.2 Å². The molecule has 0 saturated carbocycles. The zero-order chi connectivity index (χ0) is 10.1. The van der Waals surface area contributed by atoms with E-state index in [1.165, 1.54) is 4.90 Å². The summed E-state index contributed by atoms with van der Waals surface area (Å²) < 4.78 is 0. The zero-order valence-electron chi connectivity index (χ0n) is 7.22. The highest BCUT2D eigenvalue weighted by atomic mass is 35.5. The van der Waals surface area contributed by atoms with E-state index < -0.39 is 6.10 Å². The van der Waals surface area contributed by atoms with Crippen molar-refractivity contribution in [1.29, 1.82) is 0 Å². The maximum absolute atomic E-state index is 11.3. The van der Waals surface area contributed by atoms with Gasteiger partial charge in [-0.3, -0.25) is 9.69 Å². The van der Waals surface area contributed by atoms with Crippen LogP contribution in [-0.2, 0) is 4.79 Å². The molecule has 0 radical (unpaired) electrons. The van der Waals surface area contributed by atoms with Crippen molar-refractivity contribution in [2.75, 3.05) is 11.4 Å². The minimum atomic E-state index is -0.611. The molecule has 0 bridgehead atoms. The third-order valence-electron chi connectivity index (χ3n) is 2.00. The first-order valence-electron chi connectivity index (χ1n) is 4.14. The summed E-state index contributed by atoms with van der Waals surface area (Å²) >= 11 is 5.56. The molecule has 1 aliphatic heterocycles. The Morgan fingerprint density at radius 2 is 2.29 bits per heavy atom. The third kappa shape index (κ3) is 1.69. The number of halogens is 1. The quantitative estimate of drug-likeness (QED) is 0.725. The summed E-state index contributed by atoms with van der Waals surface area (Å²) in [7, 11) is 0. The molecular formula is C8H8ClN3O2. The Morgan fingerprint density at radius 3 is 2.79 bits per heavy atom. The summed E-state index contributed by atoms with van der Waals surface area (Å²) in [5.74, 6) is 0.282. The van der Waals surface area contributed by atoms with Crippen LogP contribution in [0.25, 0.3) is 0 Å². The van der Waals surface area contributed by atoms with Gasteiger partial charge < -0.3 is 5.11 Å². The molecule has 1 aliphatic rings. The summed E-state index contributed by atoms with van der Waals surface area (Å²) in [5.41, 5.74) is 0. The van der Waals surface area contributed by atoms with Crippen LogP contribution in [0.15, 0.2) is 12.1 Å². The molecule has 2 heterocycles. The Morgan fingerprint density at radius 1 is 1.50 bits per heavy atom. The molecular weight excluding hydrogens is 206 g/mol. The SMILES string of the molecule is O=C1CC(O)CN1c1ccc(Cl)nn1. The van der Waals surface area contributed by atoms with Crippen molar-refractivity contribution in [3.05, 3.63) is 17.3 Å². The first kappa shape index (κ1) is 9.36. The van der Waals surface area contributed by atoms with Gasteiger partial charge in [-0.05, 0) is 12.1 Å². The second kappa shape index (κ2) is 3.51. The number of anilines is 1.